The Hall–Kier alpha value is -1.13. The van der Waals surface area contributed by atoms with Crippen molar-refractivity contribution in [3.63, 3.8) is 0 Å². The standard InChI is InChI=1S/C14H26N6S/c1-13(2,3)16-8-9-20-12(17-18-19-20)21-10-6-7-14(4,5)11-15/h16H,6-10H2,1-5H3. The van der Waals surface area contributed by atoms with Crippen molar-refractivity contribution in [2.75, 3.05) is 12.3 Å². The first kappa shape index (κ1) is 17.9. The molecule has 1 N–H and O–H groups in total. The van der Waals surface area contributed by atoms with Gasteiger partial charge in [0, 0.05) is 17.8 Å². The van der Waals surface area contributed by atoms with E-state index in [1.807, 2.05) is 18.5 Å². The second-order valence-electron chi connectivity index (χ2n) is 6.81. The predicted molar refractivity (Wildman–Crippen MR) is 84.9 cm³/mol. The monoisotopic (exact) mass is 310 g/mol. The quantitative estimate of drug-likeness (QED) is 0.587. The first-order valence-electron chi connectivity index (χ1n) is 7.29. The molecule has 0 radical (unpaired) electrons. The number of hydrogen-bond donors (Lipinski definition) is 1. The summed E-state index contributed by atoms with van der Waals surface area (Å²) >= 11 is 1.65. The predicted octanol–water partition coefficient (Wildman–Crippen LogP) is 2.48. The van der Waals surface area contributed by atoms with Gasteiger partial charge in [-0.25, -0.2) is 4.68 Å². The van der Waals surface area contributed by atoms with Crippen molar-refractivity contribution in [3.8, 4) is 6.07 Å². The summed E-state index contributed by atoms with van der Waals surface area (Å²) < 4.78 is 1.83. The van der Waals surface area contributed by atoms with Gasteiger partial charge < -0.3 is 5.32 Å². The summed E-state index contributed by atoms with van der Waals surface area (Å²) in [5.41, 5.74) is -0.146. The van der Waals surface area contributed by atoms with Gasteiger partial charge in [0.15, 0.2) is 0 Å². The maximum Gasteiger partial charge on any atom is 0.209 e. The van der Waals surface area contributed by atoms with E-state index in [4.69, 9.17) is 5.26 Å². The molecule has 1 rings (SSSR count). The minimum atomic E-state index is -0.247. The highest BCUT2D eigenvalue weighted by Crippen LogP contribution is 2.23. The Morgan fingerprint density at radius 3 is 2.62 bits per heavy atom. The maximum atomic E-state index is 8.98. The normalized spacial score (nSPS) is 12.4. The third-order valence-corrected chi connectivity index (χ3v) is 4.00. The van der Waals surface area contributed by atoms with Crippen LogP contribution < -0.4 is 5.32 Å². The fourth-order valence-electron chi connectivity index (χ4n) is 1.71. The van der Waals surface area contributed by atoms with E-state index in [-0.39, 0.29) is 11.0 Å². The molecule has 0 spiro atoms. The third-order valence-electron chi connectivity index (χ3n) is 2.96. The molecule has 0 saturated heterocycles. The summed E-state index contributed by atoms with van der Waals surface area (Å²) in [6.45, 7) is 12.0. The number of nitrogens with one attached hydrogen (secondary N) is 1. The molecule has 1 aromatic rings. The first-order valence-corrected chi connectivity index (χ1v) is 8.27. The van der Waals surface area contributed by atoms with E-state index >= 15 is 0 Å². The van der Waals surface area contributed by atoms with Crippen LogP contribution in [-0.2, 0) is 6.54 Å². The number of rotatable bonds is 8. The van der Waals surface area contributed by atoms with Crippen molar-refractivity contribution in [2.24, 2.45) is 5.41 Å². The van der Waals surface area contributed by atoms with Crippen molar-refractivity contribution < 1.29 is 0 Å². The molecule has 7 heteroatoms. The van der Waals surface area contributed by atoms with Crippen LogP contribution in [0.4, 0.5) is 0 Å². The van der Waals surface area contributed by atoms with Crippen molar-refractivity contribution in [3.05, 3.63) is 0 Å². The lowest BCUT2D eigenvalue weighted by molar-refractivity contribution is 0.396. The number of hydrogen-bond acceptors (Lipinski definition) is 6. The van der Waals surface area contributed by atoms with Gasteiger partial charge in [0.1, 0.15) is 0 Å². The summed E-state index contributed by atoms with van der Waals surface area (Å²) in [4.78, 5) is 0. The molecule has 1 heterocycles. The second-order valence-corrected chi connectivity index (χ2v) is 7.87. The highest BCUT2D eigenvalue weighted by molar-refractivity contribution is 7.99. The van der Waals surface area contributed by atoms with Crippen LogP contribution >= 0.6 is 11.8 Å². The van der Waals surface area contributed by atoms with Gasteiger partial charge in [-0.2, -0.15) is 5.26 Å². The summed E-state index contributed by atoms with van der Waals surface area (Å²) in [5, 5.41) is 25.1. The summed E-state index contributed by atoms with van der Waals surface area (Å²) in [5.74, 6) is 0.929. The minimum absolute atomic E-state index is 0.101. The number of aromatic nitrogens is 4. The fourth-order valence-corrected chi connectivity index (χ4v) is 2.55. The third kappa shape index (κ3) is 7.44. The molecule has 0 aliphatic carbocycles. The van der Waals surface area contributed by atoms with E-state index in [2.05, 4.69) is 47.7 Å². The van der Waals surface area contributed by atoms with E-state index in [0.29, 0.717) is 0 Å². The van der Waals surface area contributed by atoms with Crippen LogP contribution in [0.2, 0.25) is 0 Å². The molecular formula is C14H26N6S. The van der Waals surface area contributed by atoms with Gasteiger partial charge in [0.2, 0.25) is 5.16 Å². The molecule has 118 valence electrons. The average molecular weight is 310 g/mol. The van der Waals surface area contributed by atoms with Gasteiger partial charge in [-0.1, -0.05) is 11.8 Å². The first-order chi connectivity index (χ1) is 9.73. The van der Waals surface area contributed by atoms with Crippen LogP contribution in [-0.4, -0.2) is 38.0 Å². The molecule has 0 atom stereocenters. The van der Waals surface area contributed by atoms with Crippen molar-refractivity contribution >= 4 is 11.8 Å². The average Bonchev–Trinajstić information content (AvgIpc) is 2.81. The zero-order valence-corrected chi connectivity index (χ0v) is 14.5. The van der Waals surface area contributed by atoms with Gasteiger partial charge in [-0.3, -0.25) is 0 Å². The van der Waals surface area contributed by atoms with Gasteiger partial charge in [-0.05, 0) is 57.9 Å². The molecular weight excluding hydrogens is 284 g/mol. The molecule has 0 amide bonds. The molecule has 0 unspecified atom stereocenters. The van der Waals surface area contributed by atoms with Crippen LogP contribution in [0, 0.1) is 16.7 Å². The molecule has 0 saturated carbocycles. The Balaban J connectivity index is 2.34. The SMILES string of the molecule is CC(C)(C#N)CCCSc1nnnn1CCNC(C)(C)C. The Morgan fingerprint density at radius 1 is 1.29 bits per heavy atom. The Kier molecular flexibility index (Phi) is 6.62. The van der Waals surface area contributed by atoms with Crippen LogP contribution in [0.15, 0.2) is 5.16 Å². The van der Waals surface area contributed by atoms with E-state index in [1.165, 1.54) is 0 Å². The van der Waals surface area contributed by atoms with E-state index in [1.54, 1.807) is 11.8 Å². The zero-order chi connectivity index (χ0) is 15.9. The molecule has 0 aromatic carbocycles. The maximum absolute atomic E-state index is 8.98. The lowest BCUT2D eigenvalue weighted by Gasteiger charge is -2.20. The van der Waals surface area contributed by atoms with Crippen LogP contribution in [0.1, 0.15) is 47.5 Å². The van der Waals surface area contributed by atoms with Crippen LogP contribution in [0.25, 0.3) is 0 Å². The summed E-state index contributed by atoms with van der Waals surface area (Å²) in [7, 11) is 0. The summed E-state index contributed by atoms with van der Waals surface area (Å²) in [6.07, 6.45) is 1.88. The number of thioether (sulfide) groups is 1. The van der Waals surface area contributed by atoms with Crippen molar-refractivity contribution in [1.82, 2.24) is 25.5 Å². The Bertz CT molecular complexity index is 469. The fraction of sp³-hybridized carbons (Fsp3) is 0.857. The number of nitrogens with zero attached hydrogens (tertiary/aromatic N) is 5. The number of tetrazole rings is 1. The van der Waals surface area contributed by atoms with E-state index < -0.39 is 0 Å². The zero-order valence-electron chi connectivity index (χ0n) is 13.7. The minimum Gasteiger partial charge on any atom is -0.310 e. The largest absolute Gasteiger partial charge is 0.310 e. The molecule has 0 aliphatic rings. The second kappa shape index (κ2) is 7.76. The Labute approximate surface area is 131 Å². The topological polar surface area (TPSA) is 79.4 Å². The highest BCUT2D eigenvalue weighted by Gasteiger charge is 2.16. The molecule has 21 heavy (non-hydrogen) atoms. The van der Waals surface area contributed by atoms with E-state index in [9.17, 15) is 0 Å². The molecule has 0 bridgehead atoms. The van der Waals surface area contributed by atoms with Crippen molar-refractivity contribution in [1.29, 1.82) is 5.26 Å². The Morgan fingerprint density at radius 2 is 2.00 bits per heavy atom. The summed E-state index contributed by atoms with van der Waals surface area (Å²) in [6, 6.07) is 2.33. The highest BCUT2D eigenvalue weighted by atomic mass is 32.2. The van der Waals surface area contributed by atoms with Crippen LogP contribution in [0.3, 0.4) is 0 Å². The number of nitriles is 1. The van der Waals surface area contributed by atoms with Gasteiger partial charge in [0.25, 0.3) is 0 Å². The molecule has 6 nitrogen and oxygen atoms in total. The van der Waals surface area contributed by atoms with Gasteiger partial charge in [0.05, 0.1) is 18.0 Å². The molecule has 0 aliphatic heterocycles. The van der Waals surface area contributed by atoms with E-state index in [0.717, 1.165) is 36.8 Å². The lowest BCUT2D eigenvalue weighted by atomic mass is 9.90. The van der Waals surface area contributed by atoms with Crippen molar-refractivity contribution in [2.45, 2.75) is 64.7 Å². The van der Waals surface area contributed by atoms with Crippen LogP contribution in [0.5, 0.6) is 0 Å². The molecule has 0 fully saturated rings. The molecule has 1 aromatic heterocycles. The lowest BCUT2D eigenvalue weighted by Crippen LogP contribution is -2.38. The smallest absolute Gasteiger partial charge is 0.209 e. The van der Waals surface area contributed by atoms with Gasteiger partial charge >= 0.3 is 0 Å². The van der Waals surface area contributed by atoms with Gasteiger partial charge in [-0.15, -0.1) is 5.10 Å².